The lowest BCUT2D eigenvalue weighted by Gasteiger charge is -2.47. The van der Waals surface area contributed by atoms with Gasteiger partial charge in [0.2, 0.25) is 6.29 Å². The molecule has 2 aliphatic heterocycles. The summed E-state index contributed by atoms with van der Waals surface area (Å²) in [5, 5.41) is 2.79. The van der Waals surface area contributed by atoms with Gasteiger partial charge in [-0.05, 0) is 47.6 Å². The summed E-state index contributed by atoms with van der Waals surface area (Å²) in [6.07, 6.45) is 2.65. The first-order valence-electron chi connectivity index (χ1n) is 18.9. The molecule has 0 spiro atoms. The highest BCUT2D eigenvalue weighted by Crippen LogP contribution is 2.38. The Labute approximate surface area is 322 Å². The highest BCUT2D eigenvalue weighted by Gasteiger charge is 2.49. The number of aromatic nitrogens is 1. The molecule has 1 saturated heterocycles. The van der Waals surface area contributed by atoms with E-state index in [0.717, 1.165) is 33.0 Å². The van der Waals surface area contributed by atoms with Crippen molar-refractivity contribution >= 4 is 17.1 Å². The fourth-order valence-corrected chi connectivity index (χ4v) is 7.65. The Balaban J connectivity index is 1.22. The molecule has 0 bridgehead atoms. The molecule has 54 heavy (non-hydrogen) atoms. The molecule has 0 N–H and O–H groups in total. The zero-order valence-corrected chi connectivity index (χ0v) is 31.5. The molecule has 2 aliphatic rings. The van der Waals surface area contributed by atoms with E-state index in [0.29, 0.717) is 52.5 Å². The number of thiazole rings is 1. The van der Waals surface area contributed by atoms with Crippen molar-refractivity contribution in [3.8, 4) is 0 Å². The third kappa shape index (κ3) is 10.7. The number of ether oxygens (including phenoxy) is 7. The summed E-state index contributed by atoms with van der Waals surface area (Å²) >= 11 is 1.55. The molecule has 1 fully saturated rings. The van der Waals surface area contributed by atoms with Crippen LogP contribution >= 0.6 is 11.3 Å². The number of allylic oxidation sites excluding steroid dienone is 1. The van der Waals surface area contributed by atoms with Gasteiger partial charge in [-0.15, -0.1) is 11.3 Å². The van der Waals surface area contributed by atoms with Gasteiger partial charge in [-0.1, -0.05) is 121 Å². The van der Waals surface area contributed by atoms with Crippen LogP contribution in [0.3, 0.4) is 0 Å². The highest BCUT2D eigenvalue weighted by molar-refractivity contribution is 7.10. The second-order valence-electron chi connectivity index (χ2n) is 13.6. The van der Waals surface area contributed by atoms with E-state index in [1.165, 1.54) is 0 Å². The lowest BCUT2D eigenvalue weighted by molar-refractivity contribution is -0.275. The summed E-state index contributed by atoms with van der Waals surface area (Å²) in [6, 6.07) is 40.9. The molecule has 9 heteroatoms. The lowest BCUT2D eigenvalue weighted by atomic mass is 9.86. The Morgan fingerprint density at radius 2 is 1.15 bits per heavy atom. The van der Waals surface area contributed by atoms with Crippen molar-refractivity contribution in [3.63, 3.8) is 0 Å². The Morgan fingerprint density at radius 3 is 1.67 bits per heavy atom. The third-order valence-corrected chi connectivity index (χ3v) is 10.4. The standard InChI is InChI=1S/C45H49NO7S/c1-2-48-41-27-37(26-39(53-41)45-46-23-24-54-45)25-38-42(49-29-34-17-9-4-10-18-34)44(51-31-36-21-13-6-14-22-36)43(50-30-35-19-11-5-12-20-35)40(52-38)32-47-28-33-15-7-3-8-16-33/h3-24,26,37-38,40-44H,2,25,27-32H2,1H3/t37-,38+,40+,41+,42-,43+,44+/m0/s1. The van der Waals surface area contributed by atoms with Crippen LogP contribution in [0.2, 0.25) is 0 Å². The SMILES string of the molecule is CCO[C@H]1C[C@@H](C[C@H]2O[C@H](COCc3ccccc3)[C@@H](OCc3ccccc3)[C@H](OCc3ccccc3)[C@H]2OCc2ccccc2)C=C(c2nccs2)O1. The monoisotopic (exact) mass is 747 g/mol. The molecule has 1 aromatic heterocycles. The number of benzene rings is 4. The minimum Gasteiger partial charge on any atom is -0.462 e. The van der Waals surface area contributed by atoms with Crippen LogP contribution in [0.1, 0.15) is 47.0 Å². The summed E-state index contributed by atoms with van der Waals surface area (Å²) < 4.78 is 46.7. The van der Waals surface area contributed by atoms with Crippen molar-refractivity contribution in [2.24, 2.45) is 5.92 Å². The summed E-state index contributed by atoms with van der Waals surface area (Å²) in [5.41, 5.74) is 4.30. The minimum absolute atomic E-state index is 0.0597. The molecular formula is C45H49NO7S. The summed E-state index contributed by atoms with van der Waals surface area (Å²) in [4.78, 5) is 4.55. The molecule has 4 aromatic carbocycles. The van der Waals surface area contributed by atoms with Crippen molar-refractivity contribution in [1.82, 2.24) is 4.98 Å². The smallest absolute Gasteiger partial charge is 0.200 e. The van der Waals surface area contributed by atoms with Crippen molar-refractivity contribution in [1.29, 1.82) is 0 Å². The van der Waals surface area contributed by atoms with Crippen LogP contribution < -0.4 is 0 Å². The quantitative estimate of drug-likeness (QED) is 0.0880. The fourth-order valence-electron chi connectivity index (χ4n) is 7.05. The van der Waals surface area contributed by atoms with Gasteiger partial charge >= 0.3 is 0 Å². The van der Waals surface area contributed by atoms with Gasteiger partial charge in [-0.3, -0.25) is 0 Å². The Kier molecular flexibility index (Phi) is 14.1. The number of hydrogen-bond donors (Lipinski definition) is 0. The second-order valence-corrected chi connectivity index (χ2v) is 14.5. The topological polar surface area (TPSA) is 77.5 Å². The molecule has 282 valence electrons. The summed E-state index contributed by atoms with van der Waals surface area (Å²) in [5.74, 6) is 0.797. The van der Waals surface area contributed by atoms with Gasteiger partial charge in [0, 0.05) is 24.6 Å². The van der Waals surface area contributed by atoms with Crippen molar-refractivity contribution in [2.45, 2.75) is 83.0 Å². The second kappa shape index (κ2) is 19.9. The van der Waals surface area contributed by atoms with Crippen LogP contribution in [0.25, 0.3) is 5.76 Å². The molecule has 0 aliphatic carbocycles. The van der Waals surface area contributed by atoms with Gasteiger partial charge < -0.3 is 33.2 Å². The van der Waals surface area contributed by atoms with Crippen LogP contribution in [0.15, 0.2) is 139 Å². The third-order valence-electron chi connectivity index (χ3n) is 9.65. The average molecular weight is 748 g/mol. The van der Waals surface area contributed by atoms with Gasteiger partial charge in [-0.25, -0.2) is 4.98 Å². The molecule has 5 aromatic rings. The maximum atomic E-state index is 7.15. The molecule has 8 nitrogen and oxygen atoms in total. The first-order valence-corrected chi connectivity index (χ1v) is 19.7. The minimum atomic E-state index is -0.492. The lowest BCUT2D eigenvalue weighted by Crippen LogP contribution is -2.61. The first kappa shape index (κ1) is 38.1. The van der Waals surface area contributed by atoms with Crippen LogP contribution in [-0.2, 0) is 59.6 Å². The molecule has 0 amide bonds. The van der Waals surface area contributed by atoms with Crippen LogP contribution in [0.4, 0.5) is 0 Å². The molecule has 0 saturated carbocycles. The predicted octanol–water partition coefficient (Wildman–Crippen LogP) is 9.01. The number of hydrogen-bond acceptors (Lipinski definition) is 9. The highest BCUT2D eigenvalue weighted by atomic mass is 32.1. The van der Waals surface area contributed by atoms with Crippen molar-refractivity contribution in [3.05, 3.63) is 166 Å². The molecule has 0 unspecified atom stereocenters. The van der Waals surface area contributed by atoms with Crippen LogP contribution in [0, 0.1) is 5.92 Å². The molecule has 3 heterocycles. The Morgan fingerprint density at radius 1 is 0.630 bits per heavy atom. The van der Waals surface area contributed by atoms with Crippen LogP contribution in [0.5, 0.6) is 0 Å². The van der Waals surface area contributed by atoms with E-state index in [4.69, 9.17) is 33.2 Å². The van der Waals surface area contributed by atoms with E-state index in [1.54, 1.807) is 17.5 Å². The van der Waals surface area contributed by atoms with E-state index in [1.807, 2.05) is 85.1 Å². The van der Waals surface area contributed by atoms with E-state index < -0.39 is 30.7 Å². The van der Waals surface area contributed by atoms with Gasteiger partial charge in [0.1, 0.15) is 24.4 Å². The van der Waals surface area contributed by atoms with Gasteiger partial charge in [-0.2, -0.15) is 0 Å². The Hall–Kier alpha value is -4.19. The molecule has 7 atom stereocenters. The first-order chi connectivity index (χ1) is 26.7. The molecule has 0 radical (unpaired) electrons. The predicted molar refractivity (Wildman–Crippen MR) is 209 cm³/mol. The number of nitrogens with zero attached hydrogens (tertiary/aromatic N) is 1. The maximum absolute atomic E-state index is 7.15. The maximum Gasteiger partial charge on any atom is 0.200 e. The Bertz CT molecular complexity index is 1810. The average Bonchev–Trinajstić information content (AvgIpc) is 3.77. The van der Waals surface area contributed by atoms with Gasteiger partial charge in [0.15, 0.2) is 10.8 Å². The van der Waals surface area contributed by atoms with Crippen molar-refractivity contribution in [2.75, 3.05) is 13.2 Å². The zero-order valence-electron chi connectivity index (χ0n) is 30.7. The normalized spacial score (nSPS) is 24.1. The van der Waals surface area contributed by atoms with Crippen LogP contribution in [-0.4, -0.2) is 55.0 Å². The molecule has 7 rings (SSSR count). The van der Waals surface area contributed by atoms with E-state index in [9.17, 15) is 0 Å². The van der Waals surface area contributed by atoms with E-state index in [-0.39, 0.29) is 12.0 Å². The molecular weight excluding hydrogens is 699 g/mol. The van der Waals surface area contributed by atoms with E-state index >= 15 is 0 Å². The van der Waals surface area contributed by atoms with Gasteiger partial charge in [0.25, 0.3) is 0 Å². The number of rotatable bonds is 18. The van der Waals surface area contributed by atoms with E-state index in [2.05, 4.69) is 59.6 Å². The zero-order chi connectivity index (χ0) is 36.8. The largest absolute Gasteiger partial charge is 0.462 e. The van der Waals surface area contributed by atoms with Gasteiger partial charge in [0.05, 0.1) is 39.1 Å². The summed E-state index contributed by atoms with van der Waals surface area (Å²) in [7, 11) is 0. The fraction of sp³-hybridized carbons (Fsp3) is 0.356. The summed E-state index contributed by atoms with van der Waals surface area (Å²) in [6.45, 7) is 4.48. The van der Waals surface area contributed by atoms with Crippen molar-refractivity contribution < 1.29 is 33.2 Å².